The fourth-order valence-corrected chi connectivity index (χ4v) is 3.11. The summed E-state index contributed by atoms with van der Waals surface area (Å²) in [6.07, 6.45) is -0.959. The number of aryl methyl sites for hydroxylation is 2. The molecule has 7 heteroatoms. The van der Waals surface area contributed by atoms with Crippen LogP contribution in [0.1, 0.15) is 17.5 Å². The Morgan fingerprint density at radius 3 is 2.55 bits per heavy atom. The fourth-order valence-electron chi connectivity index (χ4n) is 1.81. The number of rotatable bonds is 7. The van der Waals surface area contributed by atoms with Gasteiger partial charge in [0, 0.05) is 13.7 Å². The number of ether oxygens (including phenoxy) is 1. The van der Waals surface area contributed by atoms with Crippen LogP contribution in [0.2, 0.25) is 0 Å². The highest BCUT2D eigenvalue weighted by atomic mass is 32.2. The van der Waals surface area contributed by atoms with E-state index < -0.39 is 22.1 Å². The highest BCUT2D eigenvalue weighted by Crippen LogP contribution is 2.16. The van der Waals surface area contributed by atoms with Gasteiger partial charge in [0.25, 0.3) is 0 Å². The van der Waals surface area contributed by atoms with Crippen LogP contribution in [-0.4, -0.2) is 39.3 Å². The lowest BCUT2D eigenvalue weighted by Crippen LogP contribution is -2.34. The minimum Gasteiger partial charge on any atom is -0.481 e. The average molecular weight is 301 g/mol. The monoisotopic (exact) mass is 301 g/mol. The van der Waals surface area contributed by atoms with E-state index in [4.69, 9.17) is 9.84 Å². The molecular formula is C13H19NO5S. The molecule has 20 heavy (non-hydrogen) atoms. The van der Waals surface area contributed by atoms with Gasteiger partial charge in [-0.3, -0.25) is 4.79 Å². The predicted octanol–water partition coefficient (Wildman–Crippen LogP) is 1.07. The maximum Gasteiger partial charge on any atom is 0.306 e. The van der Waals surface area contributed by atoms with Crippen molar-refractivity contribution >= 4 is 16.0 Å². The zero-order valence-corrected chi connectivity index (χ0v) is 12.5. The molecule has 0 amide bonds. The Morgan fingerprint density at radius 2 is 2.05 bits per heavy atom. The molecule has 0 aliphatic heterocycles. The number of carboxylic acids is 1. The van der Waals surface area contributed by atoms with Gasteiger partial charge in [-0.15, -0.1) is 0 Å². The van der Waals surface area contributed by atoms with Crippen molar-refractivity contribution in [3.05, 3.63) is 29.3 Å². The Hall–Kier alpha value is -1.44. The van der Waals surface area contributed by atoms with Crippen molar-refractivity contribution in [3.8, 4) is 0 Å². The maximum atomic E-state index is 12.2. The maximum absolute atomic E-state index is 12.2. The quantitative estimate of drug-likeness (QED) is 0.786. The van der Waals surface area contributed by atoms with Crippen molar-refractivity contribution in [2.24, 2.45) is 0 Å². The van der Waals surface area contributed by atoms with Crippen LogP contribution in [0.5, 0.6) is 0 Å². The SMILES string of the molecule is COC(CNS(=O)(=O)c1ccc(C)cc1C)CC(=O)O. The number of carbonyl (C=O) groups is 1. The molecule has 112 valence electrons. The molecule has 0 aromatic heterocycles. The van der Waals surface area contributed by atoms with Crippen LogP contribution in [0.3, 0.4) is 0 Å². The molecule has 0 heterocycles. The molecule has 0 aliphatic rings. The van der Waals surface area contributed by atoms with E-state index in [2.05, 4.69) is 4.72 Å². The minimum atomic E-state index is -3.67. The number of benzene rings is 1. The lowest BCUT2D eigenvalue weighted by molar-refractivity contribution is -0.139. The van der Waals surface area contributed by atoms with E-state index in [-0.39, 0.29) is 17.9 Å². The molecule has 1 aromatic rings. The third-order valence-electron chi connectivity index (χ3n) is 2.86. The van der Waals surface area contributed by atoms with E-state index in [0.717, 1.165) is 5.56 Å². The number of aliphatic carboxylic acids is 1. The molecule has 0 saturated carbocycles. The van der Waals surface area contributed by atoms with E-state index in [1.165, 1.54) is 13.2 Å². The molecule has 6 nitrogen and oxygen atoms in total. The Bertz CT molecular complexity index is 582. The van der Waals surface area contributed by atoms with Crippen LogP contribution in [-0.2, 0) is 19.6 Å². The first-order chi connectivity index (χ1) is 9.26. The molecule has 0 radical (unpaired) electrons. The van der Waals surface area contributed by atoms with E-state index in [0.29, 0.717) is 5.56 Å². The predicted molar refractivity (Wildman–Crippen MR) is 74.2 cm³/mol. The summed E-state index contributed by atoms with van der Waals surface area (Å²) in [6.45, 7) is 3.51. The van der Waals surface area contributed by atoms with Gasteiger partial charge in [-0.05, 0) is 25.5 Å². The van der Waals surface area contributed by atoms with E-state index in [1.807, 2.05) is 6.92 Å². The second-order valence-corrected chi connectivity index (χ2v) is 6.31. The van der Waals surface area contributed by atoms with Crippen molar-refractivity contribution in [1.82, 2.24) is 4.72 Å². The van der Waals surface area contributed by atoms with Crippen LogP contribution in [0.4, 0.5) is 0 Å². The Kier molecular flexibility index (Phi) is 5.67. The number of hydrogen-bond donors (Lipinski definition) is 2. The molecule has 2 N–H and O–H groups in total. The van der Waals surface area contributed by atoms with Crippen molar-refractivity contribution in [1.29, 1.82) is 0 Å². The summed E-state index contributed by atoms with van der Waals surface area (Å²) in [5.41, 5.74) is 1.62. The van der Waals surface area contributed by atoms with Crippen LogP contribution in [0, 0.1) is 13.8 Å². The Morgan fingerprint density at radius 1 is 1.40 bits per heavy atom. The molecule has 0 bridgehead atoms. The highest BCUT2D eigenvalue weighted by Gasteiger charge is 2.20. The summed E-state index contributed by atoms with van der Waals surface area (Å²) in [6, 6.07) is 5.03. The average Bonchev–Trinajstić information content (AvgIpc) is 2.33. The molecule has 0 saturated heterocycles. The van der Waals surface area contributed by atoms with Gasteiger partial charge < -0.3 is 9.84 Å². The minimum absolute atomic E-state index is 0.0849. The second kappa shape index (κ2) is 6.83. The lowest BCUT2D eigenvalue weighted by Gasteiger charge is -2.15. The first-order valence-corrected chi connectivity index (χ1v) is 7.56. The van der Waals surface area contributed by atoms with Gasteiger partial charge in [0.15, 0.2) is 0 Å². The van der Waals surface area contributed by atoms with Gasteiger partial charge in [-0.1, -0.05) is 17.7 Å². The number of sulfonamides is 1. The number of methoxy groups -OCH3 is 1. The molecule has 0 fully saturated rings. The first-order valence-electron chi connectivity index (χ1n) is 6.07. The van der Waals surface area contributed by atoms with Crippen molar-refractivity contribution in [3.63, 3.8) is 0 Å². The van der Waals surface area contributed by atoms with Crippen LogP contribution in [0.15, 0.2) is 23.1 Å². The van der Waals surface area contributed by atoms with E-state index >= 15 is 0 Å². The molecule has 1 atom stereocenters. The number of nitrogens with one attached hydrogen (secondary N) is 1. The second-order valence-electron chi connectivity index (χ2n) is 4.58. The summed E-state index contributed by atoms with van der Waals surface area (Å²) >= 11 is 0. The topological polar surface area (TPSA) is 92.7 Å². The van der Waals surface area contributed by atoms with Crippen LogP contribution < -0.4 is 4.72 Å². The van der Waals surface area contributed by atoms with Crippen molar-refractivity contribution < 1.29 is 23.1 Å². The number of hydrogen-bond acceptors (Lipinski definition) is 4. The largest absolute Gasteiger partial charge is 0.481 e. The van der Waals surface area contributed by atoms with Gasteiger partial charge in [0.1, 0.15) is 0 Å². The smallest absolute Gasteiger partial charge is 0.306 e. The van der Waals surface area contributed by atoms with Crippen molar-refractivity contribution in [2.75, 3.05) is 13.7 Å². The van der Waals surface area contributed by atoms with Gasteiger partial charge in [-0.25, -0.2) is 13.1 Å². The fraction of sp³-hybridized carbons (Fsp3) is 0.462. The third-order valence-corrected chi connectivity index (χ3v) is 4.44. The first kappa shape index (κ1) is 16.6. The summed E-state index contributed by atoms with van der Waals surface area (Å²) < 4.78 is 31.6. The van der Waals surface area contributed by atoms with Crippen molar-refractivity contribution in [2.45, 2.75) is 31.3 Å². The molecule has 1 rings (SSSR count). The Labute approximate surface area is 118 Å². The molecule has 1 aromatic carbocycles. The van der Waals surface area contributed by atoms with Crippen LogP contribution in [0.25, 0.3) is 0 Å². The summed E-state index contributed by atoms with van der Waals surface area (Å²) in [7, 11) is -2.33. The molecule has 0 aliphatic carbocycles. The summed E-state index contributed by atoms with van der Waals surface area (Å²) in [5.74, 6) is -1.04. The van der Waals surface area contributed by atoms with Gasteiger partial charge in [0.05, 0.1) is 17.4 Å². The van der Waals surface area contributed by atoms with E-state index in [9.17, 15) is 13.2 Å². The zero-order chi connectivity index (χ0) is 15.3. The molecular weight excluding hydrogens is 282 g/mol. The highest BCUT2D eigenvalue weighted by molar-refractivity contribution is 7.89. The van der Waals surface area contributed by atoms with Gasteiger partial charge >= 0.3 is 5.97 Å². The third kappa shape index (κ3) is 4.59. The van der Waals surface area contributed by atoms with Crippen LogP contribution >= 0.6 is 0 Å². The zero-order valence-electron chi connectivity index (χ0n) is 11.7. The Balaban J connectivity index is 2.82. The molecule has 1 unspecified atom stereocenters. The number of carboxylic acid groups (broad SMARTS) is 1. The van der Waals surface area contributed by atoms with E-state index in [1.54, 1.807) is 19.1 Å². The normalized spacial score (nSPS) is 13.2. The molecule has 0 spiro atoms. The summed E-state index contributed by atoms with van der Waals surface area (Å²) in [4.78, 5) is 10.8. The van der Waals surface area contributed by atoms with Gasteiger partial charge in [0.2, 0.25) is 10.0 Å². The lowest BCUT2D eigenvalue weighted by atomic mass is 10.2. The van der Waals surface area contributed by atoms with Gasteiger partial charge in [-0.2, -0.15) is 0 Å². The summed E-state index contributed by atoms with van der Waals surface area (Å²) in [5, 5.41) is 8.68. The standard InChI is InChI=1S/C13H19NO5S/c1-9-4-5-12(10(2)6-9)20(17,18)14-8-11(19-3)7-13(15)16/h4-6,11,14H,7-8H2,1-3H3,(H,15,16).